The lowest BCUT2D eigenvalue weighted by Gasteiger charge is -2.22. The summed E-state index contributed by atoms with van der Waals surface area (Å²) in [6.07, 6.45) is 0. The van der Waals surface area contributed by atoms with Gasteiger partial charge in [0.15, 0.2) is 0 Å². The summed E-state index contributed by atoms with van der Waals surface area (Å²) in [5.74, 6) is 0. The Hall–Kier alpha value is -7.30. The van der Waals surface area contributed by atoms with E-state index in [-0.39, 0.29) is 6.71 Å². The maximum Gasteiger partial charge on any atom is 0.285 e. The van der Waals surface area contributed by atoms with E-state index >= 15 is 0 Å². The molecule has 3 aromatic heterocycles. The number of benzene rings is 8. The van der Waals surface area contributed by atoms with Gasteiger partial charge in [-0.3, -0.25) is 0 Å². The fraction of sp³-hybridized carbons (Fsp3) is 0. The molecule has 1 aliphatic rings. The highest BCUT2D eigenvalue weighted by atomic mass is 15.0. The Kier molecular flexibility index (Phi) is 6.72. The van der Waals surface area contributed by atoms with Gasteiger partial charge in [0.1, 0.15) is 0 Å². The van der Waals surface area contributed by atoms with Crippen molar-refractivity contribution >= 4 is 67.0 Å². The molecule has 0 amide bonds. The van der Waals surface area contributed by atoms with Crippen molar-refractivity contribution in [2.24, 2.45) is 0 Å². The first kappa shape index (κ1) is 31.1. The lowest BCUT2D eigenvalue weighted by atomic mass is 9.39. The van der Waals surface area contributed by atoms with Gasteiger partial charge >= 0.3 is 0 Å². The Bertz CT molecular complexity index is 3150. The Morgan fingerprint density at radius 1 is 0.286 bits per heavy atom. The van der Waals surface area contributed by atoms with Crippen LogP contribution >= 0.6 is 0 Å². The van der Waals surface area contributed by atoms with Crippen LogP contribution in [0.25, 0.3) is 82.9 Å². The zero-order valence-electron chi connectivity index (χ0n) is 30.5. The predicted octanol–water partition coefficient (Wildman–Crippen LogP) is 10.8. The molecule has 56 heavy (non-hydrogen) atoms. The van der Waals surface area contributed by atoms with Gasteiger partial charge in [-0.25, -0.2) is 0 Å². The minimum Gasteiger partial charge on any atom is -0.321 e. The van der Waals surface area contributed by atoms with Crippen molar-refractivity contribution in [2.75, 3.05) is 0 Å². The molecule has 0 saturated heterocycles. The maximum atomic E-state index is 2.55. The lowest BCUT2D eigenvalue weighted by molar-refractivity contribution is 1.15. The summed E-state index contributed by atoms with van der Waals surface area (Å²) in [6, 6.07) is 75.8. The van der Waals surface area contributed by atoms with Crippen molar-refractivity contribution in [1.82, 2.24) is 13.7 Å². The fourth-order valence-electron chi connectivity index (χ4n) is 9.73. The van der Waals surface area contributed by atoms with E-state index in [4.69, 9.17) is 0 Å². The quantitative estimate of drug-likeness (QED) is 0.162. The summed E-state index contributed by atoms with van der Waals surface area (Å²) in [6.45, 7) is -0.157. The lowest BCUT2D eigenvalue weighted by Crippen LogP contribution is -2.57. The molecule has 11 aromatic rings. The SMILES string of the molecule is c1ccc(-n2c3c(c4ccccc42)-c2ccccc2-c2c(n(-c4ccccc4)c4ccccc24)B3c2ccc3c(c2)c2ccccc2n3-c2ccccc2)cc1. The van der Waals surface area contributed by atoms with E-state index in [1.807, 2.05) is 0 Å². The first-order chi connectivity index (χ1) is 27.8. The van der Waals surface area contributed by atoms with Gasteiger partial charge in [0, 0.05) is 60.9 Å². The number of para-hydroxylation sites is 6. The van der Waals surface area contributed by atoms with Crippen molar-refractivity contribution in [2.45, 2.75) is 0 Å². The van der Waals surface area contributed by atoms with Gasteiger partial charge in [0.05, 0.1) is 22.1 Å². The van der Waals surface area contributed by atoms with Crippen LogP contribution < -0.4 is 16.6 Å². The minimum atomic E-state index is -0.157. The van der Waals surface area contributed by atoms with Gasteiger partial charge in [-0.15, -0.1) is 0 Å². The van der Waals surface area contributed by atoms with E-state index in [0.29, 0.717) is 0 Å². The smallest absolute Gasteiger partial charge is 0.285 e. The highest BCUT2D eigenvalue weighted by Gasteiger charge is 2.41. The Balaban J connectivity index is 1.30. The topological polar surface area (TPSA) is 14.8 Å². The second-order valence-corrected chi connectivity index (χ2v) is 14.8. The molecule has 0 radical (unpaired) electrons. The van der Waals surface area contributed by atoms with Crippen LogP contribution in [0.2, 0.25) is 0 Å². The molecule has 0 fully saturated rings. The molecule has 0 spiro atoms. The van der Waals surface area contributed by atoms with Crippen LogP contribution in [-0.2, 0) is 0 Å². The van der Waals surface area contributed by atoms with Gasteiger partial charge in [-0.05, 0) is 71.8 Å². The van der Waals surface area contributed by atoms with E-state index in [0.717, 1.165) is 17.1 Å². The third kappa shape index (κ3) is 4.35. The second-order valence-electron chi connectivity index (χ2n) is 14.8. The van der Waals surface area contributed by atoms with Crippen LogP contribution in [0, 0.1) is 0 Å². The first-order valence-electron chi connectivity index (χ1n) is 19.4. The largest absolute Gasteiger partial charge is 0.321 e. The number of hydrogen-bond acceptors (Lipinski definition) is 0. The van der Waals surface area contributed by atoms with Crippen LogP contribution in [0.3, 0.4) is 0 Å². The summed E-state index contributed by atoms with van der Waals surface area (Å²) >= 11 is 0. The molecule has 4 heteroatoms. The zero-order chi connectivity index (χ0) is 36.7. The van der Waals surface area contributed by atoms with Gasteiger partial charge in [-0.1, -0.05) is 151 Å². The van der Waals surface area contributed by atoms with Gasteiger partial charge in [0.25, 0.3) is 6.71 Å². The number of aromatic nitrogens is 3. The molecular formula is C52H34BN3. The van der Waals surface area contributed by atoms with Crippen LogP contribution in [0.15, 0.2) is 206 Å². The maximum absolute atomic E-state index is 2.55. The van der Waals surface area contributed by atoms with Crippen molar-refractivity contribution in [3.63, 3.8) is 0 Å². The Morgan fingerprint density at radius 3 is 1.16 bits per heavy atom. The highest BCUT2D eigenvalue weighted by molar-refractivity contribution is 6.97. The average Bonchev–Trinajstić information content (AvgIpc) is 3.88. The Labute approximate surface area is 325 Å². The van der Waals surface area contributed by atoms with Gasteiger partial charge < -0.3 is 13.7 Å². The molecule has 0 atom stereocenters. The molecule has 260 valence electrons. The third-order valence-electron chi connectivity index (χ3n) is 11.9. The van der Waals surface area contributed by atoms with Gasteiger partial charge in [-0.2, -0.15) is 0 Å². The standard InChI is InChI=1S/C52H34BN3/c1-4-18-36(19-5-1)54-45-29-15-12-24-39(45)44-34-35(32-33-48(44)54)53-51-49(42-27-13-16-30-46(42)55(51)37-20-6-2-7-21-37)40-25-10-11-26-41(40)50-43-28-14-17-31-47(43)56(52(50)53)38-22-8-3-9-23-38/h1-34H. The van der Waals surface area contributed by atoms with Crippen molar-refractivity contribution in [3.8, 4) is 39.3 Å². The number of fused-ring (bicyclic) bond motifs is 12. The summed E-state index contributed by atoms with van der Waals surface area (Å²) in [7, 11) is 0. The van der Waals surface area contributed by atoms with Crippen LogP contribution in [0.5, 0.6) is 0 Å². The molecule has 0 unspecified atom stereocenters. The summed E-state index contributed by atoms with van der Waals surface area (Å²) in [4.78, 5) is 0. The van der Waals surface area contributed by atoms with E-state index in [9.17, 15) is 0 Å². The monoisotopic (exact) mass is 711 g/mol. The van der Waals surface area contributed by atoms with E-state index < -0.39 is 0 Å². The number of hydrogen-bond donors (Lipinski definition) is 0. The van der Waals surface area contributed by atoms with Crippen LogP contribution in [0.1, 0.15) is 0 Å². The molecule has 8 aromatic carbocycles. The van der Waals surface area contributed by atoms with E-state index in [1.54, 1.807) is 0 Å². The minimum absolute atomic E-state index is 0.157. The van der Waals surface area contributed by atoms with Crippen molar-refractivity contribution in [1.29, 1.82) is 0 Å². The zero-order valence-corrected chi connectivity index (χ0v) is 30.5. The van der Waals surface area contributed by atoms with E-state index in [1.165, 1.54) is 82.5 Å². The van der Waals surface area contributed by atoms with Crippen LogP contribution in [-0.4, -0.2) is 20.4 Å². The fourth-order valence-corrected chi connectivity index (χ4v) is 9.73. The van der Waals surface area contributed by atoms with E-state index in [2.05, 4.69) is 220 Å². The predicted molar refractivity (Wildman–Crippen MR) is 236 cm³/mol. The summed E-state index contributed by atoms with van der Waals surface area (Å²) < 4.78 is 7.51. The molecule has 4 heterocycles. The molecule has 3 nitrogen and oxygen atoms in total. The first-order valence-corrected chi connectivity index (χ1v) is 19.4. The second kappa shape index (κ2) is 12.1. The molecule has 1 aliphatic heterocycles. The summed E-state index contributed by atoms with van der Waals surface area (Å²) in [5.41, 5.74) is 17.2. The van der Waals surface area contributed by atoms with Gasteiger partial charge in [0.2, 0.25) is 0 Å². The molecule has 0 saturated carbocycles. The average molecular weight is 712 g/mol. The number of nitrogens with zero attached hydrogens (tertiary/aromatic N) is 3. The molecule has 0 bridgehead atoms. The third-order valence-corrected chi connectivity index (χ3v) is 11.9. The van der Waals surface area contributed by atoms with Crippen molar-refractivity contribution < 1.29 is 0 Å². The Morgan fingerprint density at radius 2 is 0.661 bits per heavy atom. The summed E-state index contributed by atoms with van der Waals surface area (Å²) in [5, 5.41) is 5.01. The number of rotatable bonds is 4. The molecular weight excluding hydrogens is 677 g/mol. The molecule has 12 rings (SSSR count). The molecule has 0 N–H and O–H groups in total. The van der Waals surface area contributed by atoms with Crippen molar-refractivity contribution in [3.05, 3.63) is 206 Å². The molecule has 0 aliphatic carbocycles. The normalized spacial score (nSPS) is 12.2. The van der Waals surface area contributed by atoms with Crippen LogP contribution in [0.4, 0.5) is 0 Å². The highest BCUT2D eigenvalue weighted by Crippen LogP contribution is 2.43.